The highest BCUT2D eigenvalue weighted by molar-refractivity contribution is 5.75. The highest BCUT2D eigenvalue weighted by Crippen LogP contribution is 2.12. The predicted octanol–water partition coefficient (Wildman–Crippen LogP) is 2.52. The quantitative estimate of drug-likeness (QED) is 0.556. The third kappa shape index (κ3) is 5.70. The van der Waals surface area contributed by atoms with Crippen LogP contribution >= 0.6 is 0 Å². The SMILES string of the molecule is O=Cc1cccc(OCCCCCC(=O)O)c1. The lowest BCUT2D eigenvalue weighted by Gasteiger charge is -2.05. The first-order valence-electron chi connectivity index (χ1n) is 5.62. The number of ether oxygens (including phenoxy) is 1. The van der Waals surface area contributed by atoms with Crippen molar-refractivity contribution in [2.45, 2.75) is 25.7 Å². The van der Waals surface area contributed by atoms with Crippen LogP contribution in [0.15, 0.2) is 24.3 Å². The van der Waals surface area contributed by atoms with Crippen LogP contribution in [0.1, 0.15) is 36.0 Å². The molecule has 0 radical (unpaired) electrons. The minimum Gasteiger partial charge on any atom is -0.494 e. The Morgan fingerprint density at radius 2 is 2.12 bits per heavy atom. The summed E-state index contributed by atoms with van der Waals surface area (Å²) in [6.45, 7) is 0.544. The molecular weight excluding hydrogens is 220 g/mol. The van der Waals surface area contributed by atoms with Gasteiger partial charge in [-0.25, -0.2) is 0 Å². The normalized spacial score (nSPS) is 9.88. The molecule has 0 aliphatic carbocycles. The molecule has 1 rings (SSSR count). The number of hydrogen-bond acceptors (Lipinski definition) is 3. The van der Waals surface area contributed by atoms with Crippen LogP contribution in [0.25, 0.3) is 0 Å². The summed E-state index contributed by atoms with van der Waals surface area (Å²) in [5.41, 5.74) is 0.591. The minimum absolute atomic E-state index is 0.209. The van der Waals surface area contributed by atoms with Crippen molar-refractivity contribution < 1.29 is 19.4 Å². The summed E-state index contributed by atoms with van der Waals surface area (Å²) in [5.74, 6) is -0.0857. The topological polar surface area (TPSA) is 63.6 Å². The van der Waals surface area contributed by atoms with Crippen LogP contribution in [-0.4, -0.2) is 24.0 Å². The van der Waals surface area contributed by atoms with E-state index in [1.807, 2.05) is 0 Å². The molecule has 0 saturated heterocycles. The maximum Gasteiger partial charge on any atom is 0.303 e. The highest BCUT2D eigenvalue weighted by Gasteiger charge is 1.98. The van der Waals surface area contributed by atoms with E-state index in [0.29, 0.717) is 24.3 Å². The molecule has 0 atom stereocenters. The average Bonchev–Trinajstić information content (AvgIpc) is 2.33. The van der Waals surface area contributed by atoms with Crippen LogP contribution in [0.3, 0.4) is 0 Å². The Morgan fingerprint density at radius 3 is 2.82 bits per heavy atom. The number of rotatable bonds is 8. The van der Waals surface area contributed by atoms with Gasteiger partial charge in [0.05, 0.1) is 6.61 Å². The monoisotopic (exact) mass is 236 g/mol. The van der Waals surface area contributed by atoms with Gasteiger partial charge in [-0.15, -0.1) is 0 Å². The van der Waals surface area contributed by atoms with Crippen LogP contribution in [0.2, 0.25) is 0 Å². The number of hydrogen-bond donors (Lipinski definition) is 1. The van der Waals surface area contributed by atoms with Gasteiger partial charge in [0, 0.05) is 12.0 Å². The van der Waals surface area contributed by atoms with Crippen molar-refractivity contribution in [3.05, 3.63) is 29.8 Å². The molecule has 0 unspecified atom stereocenters. The van der Waals surface area contributed by atoms with E-state index in [4.69, 9.17) is 9.84 Å². The molecule has 1 aromatic rings. The van der Waals surface area contributed by atoms with Crippen LogP contribution in [0, 0.1) is 0 Å². The second kappa shape index (κ2) is 7.44. The van der Waals surface area contributed by atoms with Gasteiger partial charge in [0.2, 0.25) is 0 Å². The van der Waals surface area contributed by atoms with Crippen molar-refractivity contribution in [3.8, 4) is 5.75 Å². The Balaban J connectivity index is 2.17. The first-order valence-corrected chi connectivity index (χ1v) is 5.62. The number of carboxylic acids is 1. The molecule has 4 heteroatoms. The number of aldehydes is 1. The lowest BCUT2D eigenvalue weighted by atomic mass is 10.2. The van der Waals surface area contributed by atoms with Crippen molar-refractivity contribution in [1.82, 2.24) is 0 Å². The van der Waals surface area contributed by atoms with Crippen molar-refractivity contribution >= 4 is 12.3 Å². The molecule has 17 heavy (non-hydrogen) atoms. The van der Waals surface area contributed by atoms with Crippen LogP contribution in [0.5, 0.6) is 5.75 Å². The molecule has 0 saturated carbocycles. The minimum atomic E-state index is -0.760. The van der Waals surface area contributed by atoms with Gasteiger partial charge in [-0.3, -0.25) is 9.59 Å². The van der Waals surface area contributed by atoms with Gasteiger partial charge >= 0.3 is 5.97 Å². The maximum absolute atomic E-state index is 10.5. The van der Waals surface area contributed by atoms with E-state index in [9.17, 15) is 9.59 Å². The number of aliphatic carboxylic acids is 1. The van der Waals surface area contributed by atoms with E-state index in [-0.39, 0.29) is 6.42 Å². The number of carbonyl (C=O) groups is 2. The van der Waals surface area contributed by atoms with Crippen LogP contribution in [-0.2, 0) is 4.79 Å². The van der Waals surface area contributed by atoms with Gasteiger partial charge in [0.1, 0.15) is 12.0 Å². The molecule has 4 nitrogen and oxygen atoms in total. The van der Waals surface area contributed by atoms with E-state index in [1.54, 1.807) is 24.3 Å². The van der Waals surface area contributed by atoms with E-state index in [0.717, 1.165) is 19.1 Å². The van der Waals surface area contributed by atoms with Crippen LogP contribution in [0.4, 0.5) is 0 Å². The third-order valence-corrected chi connectivity index (χ3v) is 2.30. The summed E-state index contributed by atoms with van der Waals surface area (Å²) in [7, 11) is 0. The number of carbonyl (C=O) groups excluding carboxylic acids is 1. The molecule has 0 amide bonds. The van der Waals surface area contributed by atoms with Crippen molar-refractivity contribution in [2.24, 2.45) is 0 Å². The number of unbranched alkanes of at least 4 members (excludes halogenated alkanes) is 2. The molecule has 1 N–H and O–H groups in total. The second-order valence-corrected chi connectivity index (χ2v) is 3.74. The molecule has 0 heterocycles. The van der Waals surface area contributed by atoms with Gasteiger partial charge in [-0.05, 0) is 31.4 Å². The van der Waals surface area contributed by atoms with Crippen LogP contribution < -0.4 is 4.74 Å². The zero-order valence-electron chi connectivity index (χ0n) is 9.59. The Labute approximate surface area is 100 Å². The van der Waals surface area contributed by atoms with Gasteiger partial charge < -0.3 is 9.84 Å². The Bertz CT molecular complexity index is 373. The summed E-state index contributed by atoms with van der Waals surface area (Å²) in [5, 5.41) is 8.44. The standard InChI is InChI=1S/C13H16O4/c14-10-11-5-4-6-12(9-11)17-8-3-1-2-7-13(15)16/h4-6,9-10H,1-3,7-8H2,(H,15,16). The molecular formula is C13H16O4. The molecule has 92 valence electrons. The lowest BCUT2D eigenvalue weighted by molar-refractivity contribution is -0.137. The molecule has 0 aliphatic heterocycles. The predicted molar refractivity (Wildman–Crippen MR) is 63.4 cm³/mol. The van der Waals surface area contributed by atoms with Gasteiger partial charge in [0.15, 0.2) is 0 Å². The summed E-state index contributed by atoms with van der Waals surface area (Å²) in [4.78, 5) is 20.8. The Morgan fingerprint density at radius 1 is 1.29 bits per heavy atom. The molecule has 0 bridgehead atoms. The fourth-order valence-corrected chi connectivity index (χ4v) is 1.42. The fraction of sp³-hybridized carbons (Fsp3) is 0.385. The van der Waals surface area contributed by atoms with E-state index in [1.165, 1.54) is 0 Å². The Hall–Kier alpha value is -1.84. The third-order valence-electron chi connectivity index (χ3n) is 2.30. The first-order chi connectivity index (χ1) is 8.22. The number of benzene rings is 1. The van der Waals surface area contributed by atoms with Gasteiger partial charge in [-0.2, -0.15) is 0 Å². The van der Waals surface area contributed by atoms with Crippen molar-refractivity contribution in [1.29, 1.82) is 0 Å². The van der Waals surface area contributed by atoms with Crippen molar-refractivity contribution in [2.75, 3.05) is 6.61 Å². The second-order valence-electron chi connectivity index (χ2n) is 3.74. The fourth-order valence-electron chi connectivity index (χ4n) is 1.42. The first kappa shape index (κ1) is 13.2. The largest absolute Gasteiger partial charge is 0.494 e. The van der Waals surface area contributed by atoms with Gasteiger partial charge in [0.25, 0.3) is 0 Å². The maximum atomic E-state index is 10.5. The lowest BCUT2D eigenvalue weighted by Crippen LogP contribution is -1.99. The molecule has 0 fully saturated rings. The van der Waals surface area contributed by atoms with E-state index >= 15 is 0 Å². The smallest absolute Gasteiger partial charge is 0.303 e. The Kier molecular flexibility index (Phi) is 5.79. The van der Waals surface area contributed by atoms with E-state index in [2.05, 4.69) is 0 Å². The summed E-state index contributed by atoms with van der Waals surface area (Å²) < 4.78 is 5.45. The number of carboxylic acid groups (broad SMARTS) is 1. The molecule has 1 aromatic carbocycles. The summed E-state index contributed by atoms with van der Waals surface area (Å²) in [6, 6.07) is 6.96. The zero-order chi connectivity index (χ0) is 12.5. The van der Waals surface area contributed by atoms with Gasteiger partial charge in [-0.1, -0.05) is 12.1 Å². The highest BCUT2D eigenvalue weighted by atomic mass is 16.5. The molecule has 0 spiro atoms. The van der Waals surface area contributed by atoms with Crippen molar-refractivity contribution in [3.63, 3.8) is 0 Å². The van der Waals surface area contributed by atoms with E-state index < -0.39 is 5.97 Å². The molecule has 0 aromatic heterocycles. The summed E-state index contributed by atoms with van der Waals surface area (Å²) >= 11 is 0. The summed E-state index contributed by atoms with van der Waals surface area (Å²) in [6.07, 6.45) is 3.31. The average molecular weight is 236 g/mol. The zero-order valence-corrected chi connectivity index (χ0v) is 9.59. The molecule has 0 aliphatic rings.